The van der Waals surface area contributed by atoms with Gasteiger partial charge in [0.1, 0.15) is 12.4 Å². The minimum Gasteiger partial charge on any atom is -0.487 e. The van der Waals surface area contributed by atoms with Crippen LogP contribution in [0.3, 0.4) is 0 Å². The van der Waals surface area contributed by atoms with E-state index < -0.39 is 0 Å². The van der Waals surface area contributed by atoms with Gasteiger partial charge in [-0.2, -0.15) is 5.10 Å². The summed E-state index contributed by atoms with van der Waals surface area (Å²) in [5.74, 6) is 0.675. The number of hydrazone groups is 1. The topological polar surface area (TPSA) is 50.7 Å². The van der Waals surface area contributed by atoms with Gasteiger partial charge < -0.3 is 4.74 Å². The number of hydrogen-bond donors (Lipinski definition) is 1. The van der Waals surface area contributed by atoms with Gasteiger partial charge >= 0.3 is 0 Å². The van der Waals surface area contributed by atoms with Crippen molar-refractivity contribution in [2.24, 2.45) is 5.10 Å². The molecule has 154 valence electrons. The Labute approximate surface area is 208 Å². The Kier molecular flexibility index (Phi) is 8.52. The summed E-state index contributed by atoms with van der Waals surface area (Å²) in [6.07, 6.45) is 1.94. The first-order valence-electron chi connectivity index (χ1n) is 9.14. The molecule has 0 aliphatic carbocycles. The predicted octanol–water partition coefficient (Wildman–Crippen LogP) is 6.13. The molecule has 0 atom stereocenters. The van der Waals surface area contributed by atoms with E-state index in [2.05, 4.69) is 55.7 Å². The van der Waals surface area contributed by atoms with Gasteiger partial charge in [0.25, 0.3) is 0 Å². The third-order valence-electron chi connectivity index (χ3n) is 4.21. The molecule has 0 heterocycles. The molecule has 1 amide bonds. The van der Waals surface area contributed by atoms with E-state index in [4.69, 9.17) is 16.3 Å². The fourth-order valence-corrected chi connectivity index (χ4v) is 4.89. The molecular weight excluding hydrogens is 626 g/mol. The van der Waals surface area contributed by atoms with Gasteiger partial charge in [-0.05, 0) is 93.1 Å². The van der Waals surface area contributed by atoms with Gasteiger partial charge in [-0.3, -0.25) is 4.79 Å². The van der Waals surface area contributed by atoms with E-state index in [0.29, 0.717) is 18.1 Å². The zero-order valence-electron chi connectivity index (χ0n) is 16.2. The van der Waals surface area contributed by atoms with Crippen molar-refractivity contribution in [2.45, 2.75) is 20.0 Å². The second kappa shape index (κ2) is 11.1. The summed E-state index contributed by atoms with van der Waals surface area (Å²) in [6, 6.07) is 19.4. The quantitative estimate of drug-likeness (QED) is 0.191. The van der Waals surface area contributed by atoms with E-state index in [1.165, 1.54) is 5.56 Å². The van der Waals surface area contributed by atoms with Crippen molar-refractivity contribution < 1.29 is 9.53 Å². The van der Waals surface area contributed by atoms with Crippen LogP contribution in [0.2, 0.25) is 5.02 Å². The second-order valence-corrected chi connectivity index (χ2v) is 9.45. The lowest BCUT2D eigenvalue weighted by Gasteiger charge is -2.11. The lowest BCUT2D eigenvalue weighted by Crippen LogP contribution is -2.19. The smallest absolute Gasteiger partial charge is 0.244 e. The first-order valence-corrected chi connectivity index (χ1v) is 11.7. The molecule has 0 fully saturated rings. The molecule has 0 saturated heterocycles. The lowest BCUT2D eigenvalue weighted by molar-refractivity contribution is -0.120. The standard InChI is InChI=1S/C23H19ClI2N2O2/c1-15-2-4-16(5-3-15)12-22(29)28-27-13-18-10-20(25)23(21(26)11-18)30-14-17-6-8-19(24)9-7-17/h2-11,13H,12,14H2,1H3,(H,28,29)/b27-13+. The monoisotopic (exact) mass is 644 g/mol. The molecule has 3 aromatic rings. The number of nitrogens with one attached hydrogen (secondary N) is 1. The van der Waals surface area contributed by atoms with Crippen LogP contribution in [0.5, 0.6) is 5.75 Å². The number of ether oxygens (including phenoxy) is 1. The molecule has 0 spiro atoms. The van der Waals surface area contributed by atoms with E-state index in [0.717, 1.165) is 29.6 Å². The maximum absolute atomic E-state index is 12.1. The van der Waals surface area contributed by atoms with Gasteiger partial charge in [0.2, 0.25) is 5.91 Å². The first kappa shape index (κ1) is 23.0. The number of halogens is 3. The number of carbonyl (C=O) groups is 1. The fraction of sp³-hybridized carbons (Fsp3) is 0.130. The Morgan fingerprint density at radius 2 is 1.63 bits per heavy atom. The Bertz CT molecular complexity index is 1030. The van der Waals surface area contributed by atoms with Crippen LogP contribution in [-0.2, 0) is 17.8 Å². The molecule has 0 unspecified atom stereocenters. The molecule has 0 aromatic heterocycles. The summed E-state index contributed by atoms with van der Waals surface area (Å²) in [5, 5.41) is 4.79. The van der Waals surface area contributed by atoms with Crippen molar-refractivity contribution >= 4 is 68.9 Å². The molecule has 0 aliphatic heterocycles. The van der Waals surface area contributed by atoms with Crippen LogP contribution >= 0.6 is 56.8 Å². The summed E-state index contributed by atoms with van der Waals surface area (Å²) in [5.41, 5.74) is 6.65. The van der Waals surface area contributed by atoms with Crippen LogP contribution in [0.25, 0.3) is 0 Å². The van der Waals surface area contributed by atoms with Gasteiger partial charge in [-0.1, -0.05) is 53.6 Å². The van der Waals surface area contributed by atoms with Crippen LogP contribution in [0.15, 0.2) is 65.8 Å². The fourth-order valence-electron chi connectivity index (χ4n) is 2.64. The largest absolute Gasteiger partial charge is 0.487 e. The highest BCUT2D eigenvalue weighted by Gasteiger charge is 2.09. The number of aryl methyl sites for hydroxylation is 1. The first-order chi connectivity index (χ1) is 14.4. The Hall–Kier alpha value is -1.65. The summed E-state index contributed by atoms with van der Waals surface area (Å²) in [4.78, 5) is 12.1. The van der Waals surface area contributed by atoms with E-state index in [1.807, 2.05) is 67.6 Å². The SMILES string of the molecule is Cc1ccc(CC(=O)N/N=C/c2cc(I)c(OCc3ccc(Cl)cc3)c(I)c2)cc1. The molecule has 4 nitrogen and oxygen atoms in total. The molecule has 0 bridgehead atoms. The normalized spacial score (nSPS) is 10.9. The molecule has 0 radical (unpaired) electrons. The van der Waals surface area contributed by atoms with Crippen molar-refractivity contribution in [3.63, 3.8) is 0 Å². The summed E-state index contributed by atoms with van der Waals surface area (Å²) >= 11 is 10.4. The van der Waals surface area contributed by atoms with Crippen molar-refractivity contribution in [2.75, 3.05) is 0 Å². The highest BCUT2D eigenvalue weighted by Crippen LogP contribution is 2.29. The van der Waals surface area contributed by atoms with Gasteiger partial charge in [-0.25, -0.2) is 5.43 Å². The summed E-state index contributed by atoms with van der Waals surface area (Å²) < 4.78 is 7.94. The van der Waals surface area contributed by atoms with Crippen molar-refractivity contribution in [3.8, 4) is 5.75 Å². The predicted molar refractivity (Wildman–Crippen MR) is 138 cm³/mol. The van der Waals surface area contributed by atoms with Crippen LogP contribution in [0.1, 0.15) is 22.3 Å². The van der Waals surface area contributed by atoms with E-state index in [1.54, 1.807) is 6.21 Å². The van der Waals surface area contributed by atoms with Crippen molar-refractivity contribution in [1.29, 1.82) is 0 Å². The molecule has 7 heteroatoms. The van der Waals surface area contributed by atoms with Crippen LogP contribution in [0.4, 0.5) is 0 Å². The maximum atomic E-state index is 12.1. The number of rotatable bonds is 7. The molecule has 3 aromatic carbocycles. The minimum absolute atomic E-state index is 0.151. The van der Waals surface area contributed by atoms with Crippen molar-refractivity contribution in [3.05, 3.63) is 95.1 Å². The zero-order valence-corrected chi connectivity index (χ0v) is 21.2. The number of carbonyl (C=O) groups excluding carboxylic acids is 1. The van der Waals surface area contributed by atoms with Gasteiger partial charge in [0, 0.05) is 5.02 Å². The number of nitrogens with zero attached hydrogens (tertiary/aromatic N) is 1. The molecule has 0 saturated carbocycles. The number of hydrogen-bond acceptors (Lipinski definition) is 3. The molecular formula is C23H19ClI2N2O2. The van der Waals surface area contributed by atoms with Gasteiger partial charge in [0.15, 0.2) is 0 Å². The minimum atomic E-state index is -0.151. The highest BCUT2D eigenvalue weighted by molar-refractivity contribution is 14.1. The van der Waals surface area contributed by atoms with Crippen LogP contribution in [0, 0.1) is 14.1 Å². The average Bonchev–Trinajstić information content (AvgIpc) is 2.70. The van der Waals surface area contributed by atoms with Gasteiger partial charge in [0.05, 0.1) is 19.8 Å². The van der Waals surface area contributed by atoms with E-state index >= 15 is 0 Å². The molecule has 3 rings (SSSR count). The Balaban J connectivity index is 1.57. The number of benzene rings is 3. The lowest BCUT2D eigenvalue weighted by atomic mass is 10.1. The van der Waals surface area contributed by atoms with E-state index in [-0.39, 0.29) is 5.91 Å². The summed E-state index contributed by atoms with van der Waals surface area (Å²) in [7, 11) is 0. The van der Waals surface area contributed by atoms with Crippen LogP contribution in [-0.4, -0.2) is 12.1 Å². The van der Waals surface area contributed by atoms with E-state index in [9.17, 15) is 4.79 Å². The third-order valence-corrected chi connectivity index (χ3v) is 6.06. The highest BCUT2D eigenvalue weighted by atomic mass is 127. The van der Waals surface area contributed by atoms with Gasteiger partial charge in [-0.15, -0.1) is 0 Å². The Morgan fingerprint density at radius 1 is 1.03 bits per heavy atom. The van der Waals surface area contributed by atoms with Crippen molar-refractivity contribution in [1.82, 2.24) is 5.43 Å². The second-order valence-electron chi connectivity index (χ2n) is 6.68. The average molecular weight is 645 g/mol. The van der Waals surface area contributed by atoms with Crippen LogP contribution < -0.4 is 10.2 Å². The summed E-state index contributed by atoms with van der Waals surface area (Å²) in [6.45, 7) is 2.48. The third kappa shape index (κ3) is 6.95. The maximum Gasteiger partial charge on any atom is 0.244 e. The molecule has 30 heavy (non-hydrogen) atoms. The molecule has 0 aliphatic rings. The zero-order chi connectivity index (χ0) is 21.5. The Morgan fingerprint density at radius 3 is 2.27 bits per heavy atom. The molecule has 1 N–H and O–H groups in total. The number of amides is 1.